The van der Waals surface area contributed by atoms with Crippen LogP contribution in [0.25, 0.3) is 124 Å². The maximum absolute atomic E-state index is 2.44. The fraction of sp³-hybridized carbons (Fsp3) is 0. The summed E-state index contributed by atoms with van der Waals surface area (Å²) in [6.45, 7) is 0. The number of benzene rings is 13. The van der Waals surface area contributed by atoms with E-state index in [0.29, 0.717) is 0 Å². The Kier molecular flexibility index (Phi) is 9.48. The molecule has 340 valence electrons. The van der Waals surface area contributed by atoms with Crippen molar-refractivity contribution in [3.05, 3.63) is 267 Å². The van der Waals surface area contributed by atoms with E-state index in [1.54, 1.807) is 0 Å². The number of hydrogen-bond acceptors (Lipinski definition) is 2. The highest BCUT2D eigenvalue weighted by Gasteiger charge is 2.20. The molecule has 2 nitrogen and oxygen atoms in total. The molecule has 0 N–H and O–H groups in total. The van der Waals surface area contributed by atoms with Crippen molar-refractivity contribution in [1.82, 2.24) is 4.57 Å². The summed E-state index contributed by atoms with van der Waals surface area (Å²) in [5, 5.41) is 15.1. The summed E-state index contributed by atoms with van der Waals surface area (Å²) in [4.78, 5) is 2.44. The molecule has 0 unspecified atom stereocenters. The van der Waals surface area contributed by atoms with Gasteiger partial charge in [-0.1, -0.05) is 182 Å². The summed E-state index contributed by atoms with van der Waals surface area (Å²) < 4.78 is 5.03. The van der Waals surface area contributed by atoms with Crippen molar-refractivity contribution < 1.29 is 0 Å². The number of aromatic nitrogens is 1. The molecule has 0 atom stereocenters. The van der Waals surface area contributed by atoms with Gasteiger partial charge in [0.15, 0.2) is 0 Å². The van der Waals surface area contributed by atoms with Crippen LogP contribution < -0.4 is 4.90 Å². The molecule has 2 aromatic heterocycles. The molecule has 0 saturated heterocycles. The Bertz CT molecular complexity index is 4620. The van der Waals surface area contributed by atoms with Gasteiger partial charge in [0.2, 0.25) is 0 Å². The van der Waals surface area contributed by atoms with Crippen molar-refractivity contribution in [2.24, 2.45) is 0 Å². The molecular weight excluding hydrogens is 901 g/mol. The van der Waals surface area contributed by atoms with Gasteiger partial charge in [0, 0.05) is 53.7 Å². The van der Waals surface area contributed by atoms with Gasteiger partial charge in [-0.2, -0.15) is 0 Å². The Hall–Kier alpha value is -9.28. The van der Waals surface area contributed by atoms with E-state index < -0.39 is 0 Å². The number of nitrogens with zero attached hydrogens (tertiary/aromatic N) is 2. The lowest BCUT2D eigenvalue weighted by Crippen LogP contribution is -2.09. The molecule has 0 aliphatic rings. The normalized spacial score (nSPS) is 11.8. The van der Waals surface area contributed by atoms with Crippen LogP contribution in [0, 0.1) is 0 Å². The topological polar surface area (TPSA) is 8.17 Å². The van der Waals surface area contributed by atoms with Crippen molar-refractivity contribution in [2.75, 3.05) is 4.90 Å². The molecule has 73 heavy (non-hydrogen) atoms. The number of thiophene rings is 1. The summed E-state index contributed by atoms with van der Waals surface area (Å²) in [6.07, 6.45) is 0. The SMILES string of the molecule is c1ccc(-c2ccc(-n3c4ccc(-c5ccc(N(c6ccc7sc8ccccc8c7c6)c6ccc7c8ccccc8c8ccccc8c7c6)cc5)cc4c4cc(-c5cccc6ccccc56)ccc43)cc2)cc1. The minimum Gasteiger partial charge on any atom is -0.310 e. The predicted molar refractivity (Wildman–Crippen MR) is 315 cm³/mol. The molecule has 15 aromatic rings. The van der Waals surface area contributed by atoms with E-state index in [-0.39, 0.29) is 0 Å². The average molecular weight is 945 g/mol. The van der Waals surface area contributed by atoms with Gasteiger partial charge in [-0.05, 0) is 161 Å². The van der Waals surface area contributed by atoms with Crippen molar-refractivity contribution in [2.45, 2.75) is 0 Å². The fourth-order valence-electron chi connectivity index (χ4n) is 11.7. The van der Waals surface area contributed by atoms with E-state index >= 15 is 0 Å². The zero-order valence-corrected chi connectivity index (χ0v) is 40.5. The Labute approximate surface area is 426 Å². The summed E-state index contributed by atoms with van der Waals surface area (Å²) >= 11 is 1.86. The van der Waals surface area contributed by atoms with Gasteiger partial charge in [0.1, 0.15) is 0 Å². The molecule has 2 heterocycles. The Morgan fingerprint density at radius 2 is 0.740 bits per heavy atom. The summed E-state index contributed by atoms with van der Waals surface area (Å²) in [5.74, 6) is 0. The number of hydrogen-bond donors (Lipinski definition) is 0. The van der Waals surface area contributed by atoms with Crippen LogP contribution in [0.5, 0.6) is 0 Å². The van der Waals surface area contributed by atoms with E-state index in [2.05, 4.69) is 276 Å². The first kappa shape index (κ1) is 41.5. The van der Waals surface area contributed by atoms with E-state index in [1.807, 2.05) is 11.3 Å². The first-order valence-corrected chi connectivity index (χ1v) is 25.9. The minimum absolute atomic E-state index is 1.10. The lowest BCUT2D eigenvalue weighted by atomic mass is 9.94. The van der Waals surface area contributed by atoms with Gasteiger partial charge in [-0.3, -0.25) is 0 Å². The highest BCUT2D eigenvalue weighted by molar-refractivity contribution is 7.25. The van der Waals surface area contributed by atoms with Gasteiger partial charge in [-0.25, -0.2) is 0 Å². The Morgan fingerprint density at radius 3 is 1.47 bits per heavy atom. The number of anilines is 3. The molecule has 0 aliphatic heterocycles. The minimum atomic E-state index is 1.10. The van der Waals surface area contributed by atoms with E-state index in [9.17, 15) is 0 Å². The number of fused-ring (bicyclic) bond motifs is 13. The second kappa shape index (κ2) is 16.7. The summed E-state index contributed by atoms with van der Waals surface area (Å²) in [7, 11) is 0. The Morgan fingerprint density at radius 1 is 0.260 bits per heavy atom. The second-order valence-corrected chi connectivity index (χ2v) is 20.3. The quantitative estimate of drug-likeness (QED) is 0.145. The molecule has 0 aliphatic carbocycles. The van der Waals surface area contributed by atoms with Gasteiger partial charge in [0.05, 0.1) is 11.0 Å². The van der Waals surface area contributed by atoms with Crippen molar-refractivity contribution in [3.63, 3.8) is 0 Å². The monoisotopic (exact) mass is 944 g/mol. The highest BCUT2D eigenvalue weighted by Crippen LogP contribution is 2.45. The molecule has 0 bridgehead atoms. The fourth-order valence-corrected chi connectivity index (χ4v) is 12.8. The second-order valence-electron chi connectivity index (χ2n) is 19.2. The largest absolute Gasteiger partial charge is 0.310 e. The molecule has 13 aromatic carbocycles. The van der Waals surface area contributed by atoms with Crippen molar-refractivity contribution in [3.8, 4) is 39.1 Å². The first-order valence-electron chi connectivity index (χ1n) is 25.1. The third kappa shape index (κ3) is 6.78. The number of rotatable bonds is 7. The van der Waals surface area contributed by atoms with Crippen LogP contribution in [0.3, 0.4) is 0 Å². The molecule has 0 fully saturated rings. The van der Waals surface area contributed by atoms with Gasteiger partial charge in [-0.15, -0.1) is 11.3 Å². The van der Waals surface area contributed by atoms with Gasteiger partial charge >= 0.3 is 0 Å². The van der Waals surface area contributed by atoms with Crippen molar-refractivity contribution in [1.29, 1.82) is 0 Å². The molecule has 0 saturated carbocycles. The zero-order valence-electron chi connectivity index (χ0n) is 39.7. The predicted octanol–water partition coefficient (Wildman–Crippen LogP) is 20.2. The third-order valence-electron chi connectivity index (χ3n) is 15.2. The lowest BCUT2D eigenvalue weighted by molar-refractivity contribution is 1.18. The van der Waals surface area contributed by atoms with Crippen LogP contribution in [0.2, 0.25) is 0 Å². The van der Waals surface area contributed by atoms with Crippen LogP contribution >= 0.6 is 11.3 Å². The highest BCUT2D eigenvalue weighted by atomic mass is 32.1. The molecular formula is C70H44N2S. The van der Waals surface area contributed by atoms with Crippen LogP contribution in [0.1, 0.15) is 0 Å². The maximum Gasteiger partial charge on any atom is 0.0541 e. The van der Waals surface area contributed by atoms with Gasteiger partial charge in [0.25, 0.3) is 0 Å². The average Bonchev–Trinajstić information content (AvgIpc) is 4.01. The molecule has 0 radical (unpaired) electrons. The molecule has 0 spiro atoms. The first-order chi connectivity index (χ1) is 36.2. The van der Waals surface area contributed by atoms with E-state index in [4.69, 9.17) is 0 Å². The van der Waals surface area contributed by atoms with Crippen LogP contribution in [0.15, 0.2) is 267 Å². The lowest BCUT2D eigenvalue weighted by Gasteiger charge is -2.26. The molecule has 3 heteroatoms. The maximum atomic E-state index is 2.44. The van der Waals surface area contributed by atoms with Crippen molar-refractivity contribution >= 4 is 113 Å². The smallest absolute Gasteiger partial charge is 0.0541 e. The zero-order chi connectivity index (χ0) is 48.0. The van der Waals surface area contributed by atoms with Crippen LogP contribution in [0.4, 0.5) is 17.1 Å². The standard InChI is InChI=1S/C70H44N2S/c1-2-13-45(14-3-1)46-25-33-52(34-26-46)72-67-38-29-49(41-64(67)65-42-50(30-39-68(65)72)56-23-12-16-48-15-4-5-17-55(48)56)47-27-31-51(32-28-47)71(54-36-40-70-66(44-54)62-22-10-11-24-69(62)73-70)53-35-37-61-59-20-7-6-18-57(59)58-19-8-9-21-60(58)63(61)43-53/h1-44H. The van der Waals surface area contributed by atoms with E-state index in [0.717, 1.165) is 22.7 Å². The molecule has 0 amide bonds. The summed E-state index contributed by atoms with van der Waals surface area (Å²) in [5.41, 5.74) is 14.1. The third-order valence-corrected chi connectivity index (χ3v) is 16.3. The Balaban J connectivity index is 0.886. The van der Waals surface area contributed by atoms with Crippen LogP contribution in [-0.4, -0.2) is 4.57 Å². The van der Waals surface area contributed by atoms with E-state index in [1.165, 1.54) is 118 Å². The van der Waals surface area contributed by atoms with Crippen LogP contribution in [-0.2, 0) is 0 Å². The summed E-state index contributed by atoms with van der Waals surface area (Å²) in [6, 6.07) is 98.7. The molecule has 15 rings (SSSR count). The van der Waals surface area contributed by atoms with Gasteiger partial charge < -0.3 is 9.47 Å².